The molecule has 0 bridgehead atoms. The van der Waals surface area contributed by atoms with Gasteiger partial charge in [0.1, 0.15) is 5.82 Å². The molecule has 0 spiro atoms. The van der Waals surface area contributed by atoms with Gasteiger partial charge < -0.3 is 19.6 Å². The lowest BCUT2D eigenvalue weighted by Gasteiger charge is -2.42. The molecule has 0 aromatic heterocycles. The highest BCUT2D eigenvalue weighted by Crippen LogP contribution is 2.37. The Kier molecular flexibility index (Phi) is 7.61. The summed E-state index contributed by atoms with van der Waals surface area (Å²) in [5.74, 6) is -1.96. The molecule has 1 heterocycles. The summed E-state index contributed by atoms with van der Waals surface area (Å²) in [5, 5.41) is 10.5. The lowest BCUT2D eigenvalue weighted by Crippen LogP contribution is -2.47. The zero-order chi connectivity index (χ0) is 28.4. The van der Waals surface area contributed by atoms with E-state index in [1.165, 1.54) is 18.2 Å². The first kappa shape index (κ1) is 27.4. The number of ether oxygens (including phenoxy) is 1. The van der Waals surface area contributed by atoms with Gasteiger partial charge in [0.05, 0.1) is 24.5 Å². The molecule has 1 N–H and O–H groups in total. The third-order valence-corrected chi connectivity index (χ3v) is 7.31. The first-order valence-corrected chi connectivity index (χ1v) is 13.1. The minimum absolute atomic E-state index is 0.0590. The van der Waals surface area contributed by atoms with Gasteiger partial charge in [-0.3, -0.25) is 4.79 Å². The van der Waals surface area contributed by atoms with E-state index in [9.17, 15) is 19.1 Å². The van der Waals surface area contributed by atoms with Crippen LogP contribution in [0.15, 0.2) is 91.0 Å². The van der Waals surface area contributed by atoms with Crippen molar-refractivity contribution in [3.05, 3.63) is 119 Å². The van der Waals surface area contributed by atoms with Gasteiger partial charge in [-0.05, 0) is 78.9 Å². The Balaban J connectivity index is 1.50. The van der Waals surface area contributed by atoms with Crippen molar-refractivity contribution >= 4 is 46.1 Å². The highest BCUT2D eigenvalue weighted by molar-refractivity contribution is 6.30. The third-order valence-electron chi connectivity index (χ3n) is 7.05. The van der Waals surface area contributed by atoms with Gasteiger partial charge in [0.25, 0.3) is 0 Å². The number of carboxylic acid groups (broad SMARTS) is 1. The van der Waals surface area contributed by atoms with E-state index in [0.717, 1.165) is 11.4 Å². The van der Waals surface area contributed by atoms with Crippen molar-refractivity contribution in [3.8, 4) is 0 Å². The molecule has 0 saturated carbocycles. The van der Waals surface area contributed by atoms with Gasteiger partial charge in [-0.25, -0.2) is 9.18 Å². The molecular formula is C32H28ClFN2O4. The minimum atomic E-state index is -1.18. The smallest absolute Gasteiger partial charge is 0.335 e. The van der Waals surface area contributed by atoms with Crippen LogP contribution in [0.2, 0.25) is 5.02 Å². The summed E-state index contributed by atoms with van der Waals surface area (Å²) in [6.07, 6.45) is 0. The van der Waals surface area contributed by atoms with Crippen LogP contribution in [0.25, 0.3) is 0 Å². The SMILES string of the molecule is CN(c1ccc(Cl)cc1)c1ccc(C(=O)c2cc(C(=O)O)cc(N(CC3(C)COC3)c3ccccc3F)c2)cc1. The van der Waals surface area contributed by atoms with Crippen LogP contribution in [0.5, 0.6) is 0 Å². The van der Waals surface area contributed by atoms with E-state index in [1.807, 2.05) is 43.1 Å². The van der Waals surface area contributed by atoms with Crippen LogP contribution in [-0.4, -0.2) is 43.7 Å². The highest BCUT2D eigenvalue weighted by Gasteiger charge is 2.36. The Bertz CT molecular complexity index is 1550. The number of ketones is 1. The van der Waals surface area contributed by atoms with E-state index in [-0.39, 0.29) is 22.3 Å². The van der Waals surface area contributed by atoms with Crippen LogP contribution in [0.1, 0.15) is 33.2 Å². The molecule has 0 atom stereocenters. The van der Waals surface area contributed by atoms with E-state index < -0.39 is 11.8 Å². The van der Waals surface area contributed by atoms with Crippen molar-refractivity contribution in [1.29, 1.82) is 0 Å². The largest absolute Gasteiger partial charge is 0.478 e. The van der Waals surface area contributed by atoms with E-state index in [1.54, 1.807) is 53.4 Å². The maximum Gasteiger partial charge on any atom is 0.335 e. The zero-order valence-corrected chi connectivity index (χ0v) is 22.9. The first-order valence-electron chi connectivity index (χ1n) is 12.8. The van der Waals surface area contributed by atoms with Gasteiger partial charge in [0, 0.05) is 52.2 Å². The van der Waals surface area contributed by atoms with Crippen LogP contribution < -0.4 is 9.80 Å². The number of carboxylic acids is 1. The van der Waals surface area contributed by atoms with Crippen molar-refractivity contribution in [1.82, 2.24) is 0 Å². The third kappa shape index (κ3) is 5.71. The van der Waals surface area contributed by atoms with E-state index >= 15 is 0 Å². The quantitative estimate of drug-likeness (QED) is 0.217. The molecule has 1 aliphatic rings. The van der Waals surface area contributed by atoms with Crippen molar-refractivity contribution < 1.29 is 23.8 Å². The predicted octanol–water partition coefficient (Wildman–Crippen LogP) is 7.35. The van der Waals surface area contributed by atoms with E-state index in [2.05, 4.69) is 0 Å². The Morgan fingerprint density at radius 3 is 2.05 bits per heavy atom. The molecule has 5 rings (SSSR count). The number of nitrogens with zero attached hydrogens (tertiary/aromatic N) is 2. The average Bonchev–Trinajstić information content (AvgIpc) is 2.95. The van der Waals surface area contributed by atoms with Gasteiger partial charge in [-0.1, -0.05) is 30.7 Å². The molecule has 1 fully saturated rings. The first-order chi connectivity index (χ1) is 19.1. The molecule has 1 saturated heterocycles. The standard InChI is InChI=1S/C32H28ClFN2O4/c1-32(19-40-20-32)18-36(29-6-4-3-5-28(29)34)27-16-22(15-23(17-27)31(38)39)30(37)21-7-11-25(12-8-21)35(2)26-13-9-24(33)10-14-26/h3-17H,18-20H2,1-2H3,(H,38,39). The molecule has 4 aromatic carbocycles. The maximum absolute atomic E-state index is 15.0. The molecule has 4 aromatic rings. The number of halogens is 2. The fourth-order valence-electron chi connectivity index (χ4n) is 4.75. The van der Waals surface area contributed by atoms with Crippen molar-refractivity contribution in [2.24, 2.45) is 5.41 Å². The lowest BCUT2D eigenvalue weighted by molar-refractivity contribution is -0.0946. The van der Waals surface area contributed by atoms with Gasteiger partial charge >= 0.3 is 5.97 Å². The predicted molar refractivity (Wildman–Crippen MR) is 155 cm³/mol. The topological polar surface area (TPSA) is 70.1 Å². The lowest BCUT2D eigenvalue weighted by atomic mass is 9.87. The van der Waals surface area contributed by atoms with Crippen molar-refractivity contribution in [3.63, 3.8) is 0 Å². The van der Waals surface area contributed by atoms with Crippen molar-refractivity contribution in [2.45, 2.75) is 6.92 Å². The minimum Gasteiger partial charge on any atom is -0.478 e. The molecule has 8 heteroatoms. The summed E-state index contributed by atoms with van der Waals surface area (Å²) in [6, 6.07) is 25.3. The Morgan fingerprint density at radius 2 is 1.48 bits per heavy atom. The number of carbonyl (C=O) groups is 2. The summed E-state index contributed by atoms with van der Waals surface area (Å²) in [4.78, 5) is 29.4. The molecule has 40 heavy (non-hydrogen) atoms. The van der Waals surface area contributed by atoms with Crippen LogP contribution >= 0.6 is 11.6 Å². The number of hydrogen-bond donors (Lipinski definition) is 1. The average molecular weight is 559 g/mol. The Labute approximate surface area is 237 Å². The molecular weight excluding hydrogens is 531 g/mol. The van der Waals surface area contributed by atoms with Crippen LogP contribution in [0, 0.1) is 11.2 Å². The van der Waals surface area contributed by atoms with Gasteiger partial charge in [0.15, 0.2) is 5.78 Å². The monoisotopic (exact) mass is 558 g/mol. The summed E-state index contributed by atoms with van der Waals surface area (Å²) < 4.78 is 20.4. The van der Waals surface area contributed by atoms with Gasteiger partial charge in [0.2, 0.25) is 0 Å². The number of carbonyl (C=O) groups excluding carboxylic acids is 1. The number of rotatable bonds is 9. The molecule has 1 aliphatic heterocycles. The number of hydrogen-bond acceptors (Lipinski definition) is 5. The molecule has 0 amide bonds. The number of aromatic carboxylic acids is 1. The second-order valence-corrected chi connectivity index (χ2v) is 10.8. The second kappa shape index (κ2) is 11.1. The summed E-state index contributed by atoms with van der Waals surface area (Å²) in [5.41, 5.74) is 2.80. The normalized spacial score (nSPS) is 13.8. The molecule has 0 unspecified atom stereocenters. The van der Waals surface area contributed by atoms with Crippen molar-refractivity contribution in [2.75, 3.05) is 36.6 Å². The highest BCUT2D eigenvalue weighted by atomic mass is 35.5. The fourth-order valence-corrected chi connectivity index (χ4v) is 4.87. The van der Waals surface area contributed by atoms with Crippen LogP contribution in [0.3, 0.4) is 0 Å². The van der Waals surface area contributed by atoms with Gasteiger partial charge in [-0.2, -0.15) is 0 Å². The number of para-hydroxylation sites is 1. The zero-order valence-electron chi connectivity index (χ0n) is 22.1. The summed E-state index contributed by atoms with van der Waals surface area (Å²) >= 11 is 6.00. The molecule has 204 valence electrons. The van der Waals surface area contributed by atoms with E-state index in [4.69, 9.17) is 16.3 Å². The Hall–Kier alpha value is -4.20. The van der Waals surface area contributed by atoms with Crippen LogP contribution in [0.4, 0.5) is 27.1 Å². The van der Waals surface area contributed by atoms with E-state index in [0.29, 0.717) is 41.7 Å². The fraction of sp³-hybridized carbons (Fsp3) is 0.188. The molecule has 6 nitrogen and oxygen atoms in total. The summed E-state index contributed by atoms with van der Waals surface area (Å²) in [6.45, 7) is 3.41. The molecule has 0 radical (unpaired) electrons. The van der Waals surface area contributed by atoms with Crippen LogP contribution in [-0.2, 0) is 4.74 Å². The Morgan fingerprint density at radius 1 is 0.875 bits per heavy atom. The maximum atomic E-state index is 15.0. The second-order valence-electron chi connectivity index (χ2n) is 10.3. The number of anilines is 4. The van der Waals surface area contributed by atoms with Gasteiger partial charge in [-0.15, -0.1) is 0 Å². The number of benzene rings is 4. The summed E-state index contributed by atoms with van der Waals surface area (Å²) in [7, 11) is 1.91. The molecule has 0 aliphatic carbocycles.